The standard InChI is InChI=1S/C10H11N5/c1-6-14-9(11)8(10(12)15-6)7-4-2-3-5-13-7/h2-5H,1H3,(H4,11,12,14,15). The van der Waals surface area contributed by atoms with Gasteiger partial charge in [-0.15, -0.1) is 0 Å². The Hall–Kier alpha value is -2.17. The van der Waals surface area contributed by atoms with Crippen LogP contribution in [0, 0.1) is 6.92 Å². The van der Waals surface area contributed by atoms with Crippen molar-refractivity contribution < 1.29 is 0 Å². The Morgan fingerprint density at radius 3 is 2.27 bits per heavy atom. The highest BCUT2D eigenvalue weighted by Gasteiger charge is 2.11. The van der Waals surface area contributed by atoms with E-state index >= 15 is 0 Å². The topological polar surface area (TPSA) is 90.7 Å². The normalized spacial score (nSPS) is 10.2. The first-order chi connectivity index (χ1) is 7.18. The van der Waals surface area contributed by atoms with Gasteiger partial charge in [-0.1, -0.05) is 6.07 Å². The fourth-order valence-electron chi connectivity index (χ4n) is 1.39. The maximum atomic E-state index is 5.78. The molecule has 2 rings (SSSR count). The zero-order valence-electron chi connectivity index (χ0n) is 8.31. The van der Waals surface area contributed by atoms with Crippen LogP contribution in [0.3, 0.4) is 0 Å². The van der Waals surface area contributed by atoms with Gasteiger partial charge in [-0.2, -0.15) is 0 Å². The van der Waals surface area contributed by atoms with Gasteiger partial charge in [0.25, 0.3) is 0 Å². The summed E-state index contributed by atoms with van der Waals surface area (Å²) in [7, 11) is 0. The van der Waals surface area contributed by atoms with Gasteiger partial charge in [0.1, 0.15) is 17.5 Å². The third-order valence-electron chi connectivity index (χ3n) is 2.00. The molecule has 2 aromatic rings. The van der Waals surface area contributed by atoms with Crippen molar-refractivity contribution in [3.05, 3.63) is 30.2 Å². The molecule has 5 heteroatoms. The Morgan fingerprint density at radius 1 is 1.07 bits per heavy atom. The Balaban J connectivity index is 2.64. The molecule has 0 saturated carbocycles. The quantitative estimate of drug-likeness (QED) is 0.718. The van der Waals surface area contributed by atoms with E-state index in [1.165, 1.54) is 0 Å². The monoisotopic (exact) mass is 201 g/mol. The molecule has 0 atom stereocenters. The lowest BCUT2D eigenvalue weighted by molar-refractivity contribution is 1.07. The predicted molar refractivity (Wildman–Crippen MR) is 58.8 cm³/mol. The minimum atomic E-state index is 0.360. The number of hydrogen-bond donors (Lipinski definition) is 2. The van der Waals surface area contributed by atoms with E-state index in [9.17, 15) is 0 Å². The van der Waals surface area contributed by atoms with Gasteiger partial charge in [0.2, 0.25) is 0 Å². The van der Waals surface area contributed by atoms with Crippen LogP contribution in [0.2, 0.25) is 0 Å². The average Bonchev–Trinajstić information content (AvgIpc) is 2.17. The highest BCUT2D eigenvalue weighted by molar-refractivity contribution is 5.80. The molecule has 15 heavy (non-hydrogen) atoms. The second-order valence-electron chi connectivity index (χ2n) is 3.13. The molecule has 0 saturated heterocycles. The Morgan fingerprint density at radius 2 is 1.73 bits per heavy atom. The summed E-state index contributed by atoms with van der Waals surface area (Å²) in [5, 5.41) is 0. The number of hydrogen-bond acceptors (Lipinski definition) is 5. The van der Waals surface area contributed by atoms with Crippen molar-refractivity contribution in [3.63, 3.8) is 0 Å². The van der Waals surface area contributed by atoms with Crippen LogP contribution in [0.5, 0.6) is 0 Å². The van der Waals surface area contributed by atoms with Crippen molar-refractivity contribution >= 4 is 11.6 Å². The van der Waals surface area contributed by atoms with Crippen molar-refractivity contribution in [2.45, 2.75) is 6.92 Å². The summed E-state index contributed by atoms with van der Waals surface area (Å²) in [5.41, 5.74) is 12.9. The fraction of sp³-hybridized carbons (Fsp3) is 0.100. The number of nitrogens with two attached hydrogens (primary N) is 2. The predicted octanol–water partition coefficient (Wildman–Crippen LogP) is 1.01. The van der Waals surface area contributed by atoms with E-state index in [-0.39, 0.29) is 0 Å². The van der Waals surface area contributed by atoms with Gasteiger partial charge in [-0.05, 0) is 19.1 Å². The van der Waals surface area contributed by atoms with Gasteiger partial charge in [0.15, 0.2) is 0 Å². The Labute approximate surface area is 87.2 Å². The molecular weight excluding hydrogens is 190 g/mol. The fourth-order valence-corrected chi connectivity index (χ4v) is 1.39. The lowest BCUT2D eigenvalue weighted by atomic mass is 10.2. The molecule has 76 valence electrons. The Bertz CT molecular complexity index is 457. The highest BCUT2D eigenvalue weighted by Crippen LogP contribution is 2.26. The molecule has 4 N–H and O–H groups in total. The summed E-state index contributed by atoms with van der Waals surface area (Å²) in [4.78, 5) is 12.3. The molecule has 0 aliphatic heterocycles. The maximum Gasteiger partial charge on any atom is 0.138 e. The molecule has 0 spiro atoms. The van der Waals surface area contributed by atoms with E-state index in [1.807, 2.05) is 18.2 Å². The van der Waals surface area contributed by atoms with Crippen molar-refractivity contribution in [2.75, 3.05) is 11.5 Å². The minimum absolute atomic E-state index is 0.360. The molecule has 0 aliphatic carbocycles. The maximum absolute atomic E-state index is 5.78. The van der Waals surface area contributed by atoms with Gasteiger partial charge in [0, 0.05) is 6.20 Å². The van der Waals surface area contributed by atoms with Crippen LogP contribution in [0.15, 0.2) is 24.4 Å². The molecule has 0 aliphatic rings. The summed E-state index contributed by atoms with van der Waals surface area (Å²) in [5.74, 6) is 1.28. The molecule has 0 fully saturated rings. The van der Waals surface area contributed by atoms with E-state index in [4.69, 9.17) is 11.5 Å². The molecule has 0 amide bonds. The molecule has 5 nitrogen and oxygen atoms in total. The largest absolute Gasteiger partial charge is 0.383 e. The minimum Gasteiger partial charge on any atom is -0.383 e. The number of pyridine rings is 1. The van der Waals surface area contributed by atoms with Crippen molar-refractivity contribution in [1.82, 2.24) is 15.0 Å². The SMILES string of the molecule is Cc1nc(N)c(-c2ccccn2)c(N)n1. The van der Waals surface area contributed by atoms with Crippen molar-refractivity contribution in [2.24, 2.45) is 0 Å². The van der Waals surface area contributed by atoms with E-state index in [1.54, 1.807) is 13.1 Å². The number of anilines is 2. The molecule has 2 heterocycles. The smallest absolute Gasteiger partial charge is 0.138 e. The summed E-state index contributed by atoms with van der Waals surface area (Å²) in [6.07, 6.45) is 1.67. The lowest BCUT2D eigenvalue weighted by Crippen LogP contribution is -2.04. The first kappa shape index (κ1) is 9.39. The number of aryl methyl sites for hydroxylation is 1. The number of aromatic nitrogens is 3. The molecule has 0 bridgehead atoms. The van der Waals surface area contributed by atoms with Crippen LogP contribution >= 0.6 is 0 Å². The molecule has 0 aromatic carbocycles. The molecule has 0 unspecified atom stereocenters. The van der Waals surface area contributed by atoms with Gasteiger partial charge in [-0.3, -0.25) is 4.98 Å². The zero-order valence-corrected chi connectivity index (χ0v) is 8.31. The third kappa shape index (κ3) is 1.71. The molecule has 0 radical (unpaired) electrons. The van der Waals surface area contributed by atoms with Gasteiger partial charge >= 0.3 is 0 Å². The van der Waals surface area contributed by atoms with E-state index in [0.717, 1.165) is 0 Å². The molecular formula is C10H11N5. The number of nitrogen functional groups attached to an aromatic ring is 2. The van der Waals surface area contributed by atoms with Crippen molar-refractivity contribution in [3.8, 4) is 11.3 Å². The van der Waals surface area contributed by atoms with Crippen LogP contribution < -0.4 is 11.5 Å². The second kappa shape index (κ2) is 3.53. The second-order valence-corrected chi connectivity index (χ2v) is 3.13. The highest BCUT2D eigenvalue weighted by atomic mass is 15.0. The first-order valence-electron chi connectivity index (χ1n) is 4.49. The van der Waals surface area contributed by atoms with Crippen LogP contribution in [-0.4, -0.2) is 15.0 Å². The average molecular weight is 201 g/mol. The van der Waals surface area contributed by atoms with E-state index in [0.29, 0.717) is 28.7 Å². The van der Waals surface area contributed by atoms with E-state index in [2.05, 4.69) is 15.0 Å². The number of rotatable bonds is 1. The van der Waals surface area contributed by atoms with Gasteiger partial charge in [-0.25, -0.2) is 9.97 Å². The zero-order chi connectivity index (χ0) is 10.8. The summed E-state index contributed by atoms with van der Waals surface area (Å²) in [6, 6.07) is 5.51. The van der Waals surface area contributed by atoms with Crippen LogP contribution in [0.4, 0.5) is 11.6 Å². The third-order valence-corrected chi connectivity index (χ3v) is 2.00. The van der Waals surface area contributed by atoms with Crippen LogP contribution in [-0.2, 0) is 0 Å². The summed E-state index contributed by atoms with van der Waals surface area (Å²) < 4.78 is 0. The lowest BCUT2D eigenvalue weighted by Gasteiger charge is -2.07. The summed E-state index contributed by atoms with van der Waals surface area (Å²) in [6.45, 7) is 1.74. The Kier molecular flexibility index (Phi) is 2.21. The van der Waals surface area contributed by atoms with Gasteiger partial charge in [0.05, 0.1) is 11.3 Å². The summed E-state index contributed by atoms with van der Waals surface area (Å²) >= 11 is 0. The van der Waals surface area contributed by atoms with Crippen LogP contribution in [0.1, 0.15) is 5.82 Å². The van der Waals surface area contributed by atoms with Crippen molar-refractivity contribution in [1.29, 1.82) is 0 Å². The van der Waals surface area contributed by atoms with Crippen LogP contribution in [0.25, 0.3) is 11.3 Å². The first-order valence-corrected chi connectivity index (χ1v) is 4.49. The molecule has 2 aromatic heterocycles. The van der Waals surface area contributed by atoms with Gasteiger partial charge < -0.3 is 11.5 Å². The van der Waals surface area contributed by atoms with E-state index < -0.39 is 0 Å². The number of nitrogens with zero attached hydrogens (tertiary/aromatic N) is 3.